The quantitative estimate of drug-likeness (QED) is 0.472. The second-order valence-electron chi connectivity index (χ2n) is 7.42. The van der Waals surface area contributed by atoms with Gasteiger partial charge in [0.15, 0.2) is 5.78 Å². The normalized spacial score (nSPS) is 23.7. The average molecular weight is 356 g/mol. The van der Waals surface area contributed by atoms with Gasteiger partial charge in [0.2, 0.25) is 0 Å². The number of hydrogen-bond acceptors (Lipinski definition) is 4. The Labute approximate surface area is 153 Å². The molecule has 4 amide bonds. The summed E-state index contributed by atoms with van der Waals surface area (Å²) in [5, 5.41) is 0. The van der Waals surface area contributed by atoms with Crippen LogP contribution >= 0.6 is 0 Å². The number of carbonyl (C=O) groups is 4. The van der Waals surface area contributed by atoms with E-state index in [1.807, 2.05) is 32.9 Å². The summed E-state index contributed by atoms with van der Waals surface area (Å²) in [7, 11) is 0. The molecule has 1 heterocycles. The van der Waals surface area contributed by atoms with E-state index in [1.165, 1.54) is 0 Å². The highest BCUT2D eigenvalue weighted by Crippen LogP contribution is 2.31. The summed E-state index contributed by atoms with van der Waals surface area (Å²) >= 11 is 0. The fraction of sp³-hybridized carbons (Fsp3) is 0.500. The maximum atomic E-state index is 12.7. The number of nitrogens with zero attached hydrogens (tertiary/aromatic N) is 2. The van der Waals surface area contributed by atoms with E-state index in [4.69, 9.17) is 0 Å². The number of amides is 4. The van der Waals surface area contributed by atoms with Crippen LogP contribution in [0.3, 0.4) is 0 Å². The van der Waals surface area contributed by atoms with Crippen molar-refractivity contribution >= 4 is 23.6 Å². The van der Waals surface area contributed by atoms with Gasteiger partial charge in [-0.25, -0.2) is 9.69 Å². The zero-order valence-corrected chi connectivity index (χ0v) is 15.4. The summed E-state index contributed by atoms with van der Waals surface area (Å²) in [5.74, 6) is -1.87. The number of benzene rings is 1. The third-order valence-electron chi connectivity index (χ3n) is 5.47. The lowest BCUT2D eigenvalue weighted by atomic mass is 9.85. The molecule has 0 unspecified atom stereocenters. The number of rotatable bonds is 4. The van der Waals surface area contributed by atoms with Crippen molar-refractivity contribution in [3.8, 4) is 0 Å². The van der Waals surface area contributed by atoms with Gasteiger partial charge in [-0.1, -0.05) is 43.5 Å². The Balaban J connectivity index is 1.80. The maximum Gasteiger partial charge on any atom is 0.334 e. The largest absolute Gasteiger partial charge is 0.334 e. The molecule has 2 aliphatic rings. The number of urea groups is 1. The van der Waals surface area contributed by atoms with Crippen LogP contribution in [-0.4, -0.2) is 46.0 Å². The van der Waals surface area contributed by atoms with E-state index < -0.39 is 24.4 Å². The van der Waals surface area contributed by atoms with E-state index in [-0.39, 0.29) is 17.7 Å². The molecule has 0 aromatic heterocycles. The van der Waals surface area contributed by atoms with Gasteiger partial charge in [0, 0.05) is 11.6 Å². The molecule has 1 aromatic carbocycles. The molecule has 26 heavy (non-hydrogen) atoms. The number of aryl methyl sites for hydroxylation is 2. The Morgan fingerprint density at radius 2 is 1.77 bits per heavy atom. The maximum absolute atomic E-state index is 12.7. The smallest absolute Gasteiger partial charge is 0.292 e. The molecule has 2 fully saturated rings. The first-order valence-electron chi connectivity index (χ1n) is 9.10. The van der Waals surface area contributed by atoms with E-state index in [1.54, 1.807) is 6.07 Å². The lowest BCUT2D eigenvalue weighted by molar-refractivity contribution is -0.144. The van der Waals surface area contributed by atoms with Crippen molar-refractivity contribution in [3.63, 3.8) is 0 Å². The molecule has 3 rings (SSSR count). The van der Waals surface area contributed by atoms with Crippen LogP contribution in [-0.2, 0) is 9.59 Å². The highest BCUT2D eigenvalue weighted by atomic mass is 16.2. The highest BCUT2D eigenvalue weighted by Gasteiger charge is 2.49. The first kappa shape index (κ1) is 18.3. The van der Waals surface area contributed by atoms with Crippen LogP contribution in [0.4, 0.5) is 4.79 Å². The van der Waals surface area contributed by atoms with Crippen molar-refractivity contribution in [1.82, 2.24) is 9.80 Å². The second-order valence-corrected chi connectivity index (χ2v) is 7.42. The number of imide groups is 2. The zero-order valence-electron chi connectivity index (χ0n) is 15.4. The van der Waals surface area contributed by atoms with Crippen molar-refractivity contribution in [3.05, 3.63) is 34.9 Å². The summed E-state index contributed by atoms with van der Waals surface area (Å²) in [6, 6.07) is 4.48. The van der Waals surface area contributed by atoms with Crippen molar-refractivity contribution in [1.29, 1.82) is 0 Å². The molecule has 0 N–H and O–H groups in total. The van der Waals surface area contributed by atoms with Crippen LogP contribution < -0.4 is 0 Å². The minimum absolute atomic E-state index is 0.166. The number of Topliss-reactive ketones (excluding diaryl/α,β-unsaturated/α-hetero) is 1. The van der Waals surface area contributed by atoms with Gasteiger partial charge in [0.1, 0.15) is 0 Å². The molecule has 1 aliphatic heterocycles. The lowest BCUT2D eigenvalue weighted by Crippen LogP contribution is -2.46. The summed E-state index contributed by atoms with van der Waals surface area (Å²) in [6.45, 7) is 5.34. The van der Waals surface area contributed by atoms with Crippen molar-refractivity contribution in [2.24, 2.45) is 5.92 Å². The van der Waals surface area contributed by atoms with E-state index in [9.17, 15) is 19.2 Å². The number of carbonyl (C=O) groups excluding carboxylic acids is 4. The van der Waals surface area contributed by atoms with Crippen LogP contribution in [0.1, 0.15) is 54.1 Å². The fourth-order valence-corrected chi connectivity index (χ4v) is 3.99. The van der Waals surface area contributed by atoms with Crippen molar-refractivity contribution in [2.45, 2.75) is 52.5 Å². The van der Waals surface area contributed by atoms with Gasteiger partial charge in [0.25, 0.3) is 0 Å². The fourth-order valence-electron chi connectivity index (χ4n) is 3.99. The van der Waals surface area contributed by atoms with Gasteiger partial charge in [0.05, 0.1) is 6.54 Å². The Morgan fingerprint density at radius 3 is 2.42 bits per heavy atom. The van der Waals surface area contributed by atoms with E-state index >= 15 is 0 Å². The standard InChI is InChI=1S/C20H24N2O4/c1-12-8-9-15(14(3)10-12)17(23)11-21-18(24)19(25)22(20(21)26)16-7-5-4-6-13(16)2/h8-10,13,16H,4-7,11H2,1-3H3/t13-,16-/m1/s1. The average Bonchev–Trinajstić information content (AvgIpc) is 2.79. The molecule has 1 saturated heterocycles. The topological polar surface area (TPSA) is 74.8 Å². The van der Waals surface area contributed by atoms with Crippen LogP contribution in [0, 0.1) is 19.8 Å². The van der Waals surface area contributed by atoms with Crippen LogP contribution in [0.25, 0.3) is 0 Å². The SMILES string of the molecule is Cc1ccc(C(=O)CN2C(=O)C(=O)N([C@@H]3CCCC[C@H]3C)C2=O)c(C)c1. The molecule has 0 radical (unpaired) electrons. The van der Waals surface area contributed by atoms with Gasteiger partial charge in [-0.2, -0.15) is 0 Å². The van der Waals surface area contributed by atoms with Gasteiger partial charge in [-0.15, -0.1) is 0 Å². The molecule has 1 aliphatic carbocycles. The Kier molecular flexibility index (Phi) is 4.94. The molecule has 6 nitrogen and oxygen atoms in total. The summed E-state index contributed by atoms with van der Waals surface area (Å²) in [4.78, 5) is 52.0. The van der Waals surface area contributed by atoms with Crippen LogP contribution in [0.15, 0.2) is 18.2 Å². The van der Waals surface area contributed by atoms with E-state index in [2.05, 4.69) is 0 Å². The minimum atomic E-state index is -0.897. The summed E-state index contributed by atoms with van der Waals surface area (Å²) in [6.07, 6.45) is 3.64. The predicted octanol–water partition coefficient (Wildman–Crippen LogP) is 2.86. The third kappa shape index (κ3) is 3.16. The van der Waals surface area contributed by atoms with E-state index in [0.717, 1.165) is 40.2 Å². The predicted molar refractivity (Wildman–Crippen MR) is 95.6 cm³/mol. The van der Waals surface area contributed by atoms with Crippen LogP contribution in [0.5, 0.6) is 0 Å². The summed E-state index contributed by atoms with van der Waals surface area (Å²) in [5.41, 5.74) is 2.28. The molecule has 0 bridgehead atoms. The molecule has 6 heteroatoms. The van der Waals surface area contributed by atoms with Gasteiger partial charge < -0.3 is 0 Å². The molecule has 138 valence electrons. The van der Waals surface area contributed by atoms with Crippen molar-refractivity contribution < 1.29 is 19.2 Å². The Bertz CT molecular complexity index is 786. The first-order chi connectivity index (χ1) is 12.3. The summed E-state index contributed by atoms with van der Waals surface area (Å²) < 4.78 is 0. The zero-order chi connectivity index (χ0) is 19.0. The highest BCUT2D eigenvalue weighted by molar-refractivity contribution is 6.45. The molecule has 1 aromatic rings. The molecular weight excluding hydrogens is 332 g/mol. The van der Waals surface area contributed by atoms with E-state index in [0.29, 0.717) is 12.0 Å². The number of ketones is 1. The van der Waals surface area contributed by atoms with Gasteiger partial charge >= 0.3 is 17.8 Å². The Morgan fingerprint density at radius 1 is 1.08 bits per heavy atom. The Hall–Kier alpha value is -2.50. The third-order valence-corrected chi connectivity index (χ3v) is 5.47. The van der Waals surface area contributed by atoms with Crippen LogP contribution in [0.2, 0.25) is 0 Å². The molecule has 1 saturated carbocycles. The monoisotopic (exact) mass is 356 g/mol. The molecular formula is C20H24N2O4. The first-order valence-corrected chi connectivity index (χ1v) is 9.10. The van der Waals surface area contributed by atoms with Gasteiger partial charge in [-0.3, -0.25) is 19.3 Å². The second kappa shape index (κ2) is 7.02. The minimum Gasteiger partial charge on any atom is -0.292 e. The van der Waals surface area contributed by atoms with Crippen molar-refractivity contribution in [2.75, 3.05) is 6.54 Å². The molecule has 0 spiro atoms. The number of hydrogen-bond donors (Lipinski definition) is 0. The van der Waals surface area contributed by atoms with Gasteiger partial charge in [-0.05, 0) is 38.2 Å². The lowest BCUT2D eigenvalue weighted by Gasteiger charge is -2.34. The molecule has 2 atom stereocenters.